The van der Waals surface area contributed by atoms with Gasteiger partial charge >= 0.3 is 0 Å². The fourth-order valence-corrected chi connectivity index (χ4v) is 3.19. The minimum Gasteiger partial charge on any atom is -0.395 e. The van der Waals surface area contributed by atoms with Gasteiger partial charge in [0.2, 0.25) is 0 Å². The maximum absolute atomic E-state index is 12.3. The first-order valence-electron chi connectivity index (χ1n) is 6.49. The van der Waals surface area contributed by atoms with E-state index in [4.69, 9.17) is 0 Å². The highest BCUT2D eigenvalue weighted by molar-refractivity contribution is 5.93. The van der Waals surface area contributed by atoms with Gasteiger partial charge in [-0.3, -0.25) is 4.79 Å². The van der Waals surface area contributed by atoms with Gasteiger partial charge in [-0.05, 0) is 35.6 Å². The van der Waals surface area contributed by atoms with Gasteiger partial charge in [-0.2, -0.15) is 0 Å². The molecule has 19 heavy (non-hydrogen) atoms. The Labute approximate surface area is 112 Å². The number of carbonyl (C=O) groups is 1. The molecule has 3 rings (SSSR count). The molecule has 0 bridgehead atoms. The summed E-state index contributed by atoms with van der Waals surface area (Å²) < 4.78 is 0. The minimum absolute atomic E-state index is 0.00500. The SMILES string of the molecule is CC(=O)C1(CO)c2ccccc2Cc2ccccc21. The van der Waals surface area contributed by atoms with E-state index in [1.165, 1.54) is 0 Å². The van der Waals surface area contributed by atoms with Crippen molar-refractivity contribution in [3.63, 3.8) is 0 Å². The molecule has 0 amide bonds. The summed E-state index contributed by atoms with van der Waals surface area (Å²) in [5.74, 6) is -0.00500. The number of aliphatic hydroxyl groups is 1. The van der Waals surface area contributed by atoms with E-state index >= 15 is 0 Å². The molecule has 2 heteroatoms. The van der Waals surface area contributed by atoms with Crippen molar-refractivity contribution in [2.24, 2.45) is 0 Å². The molecule has 2 aromatic carbocycles. The van der Waals surface area contributed by atoms with Crippen molar-refractivity contribution in [2.75, 3.05) is 6.61 Å². The molecule has 1 aliphatic rings. The zero-order valence-electron chi connectivity index (χ0n) is 10.9. The van der Waals surface area contributed by atoms with Gasteiger partial charge in [-0.15, -0.1) is 0 Å². The lowest BCUT2D eigenvalue weighted by atomic mass is 9.65. The molecule has 96 valence electrons. The lowest BCUT2D eigenvalue weighted by Crippen LogP contribution is -2.43. The lowest BCUT2D eigenvalue weighted by molar-refractivity contribution is -0.122. The summed E-state index contributed by atoms with van der Waals surface area (Å²) in [6.07, 6.45) is 0.821. The standard InChI is InChI=1S/C17H16O2/c1-12(19)17(11-18)15-8-4-2-6-13(15)10-14-7-3-5-9-16(14)17/h2-9,18H,10-11H2,1H3. The number of hydrogen-bond donors (Lipinski definition) is 1. The zero-order valence-corrected chi connectivity index (χ0v) is 10.9. The highest BCUT2D eigenvalue weighted by Crippen LogP contribution is 2.41. The number of hydrogen-bond acceptors (Lipinski definition) is 2. The van der Waals surface area contributed by atoms with Crippen LogP contribution in [-0.2, 0) is 16.6 Å². The quantitative estimate of drug-likeness (QED) is 0.891. The Hall–Kier alpha value is -1.93. The second kappa shape index (κ2) is 4.32. The van der Waals surface area contributed by atoms with Crippen molar-refractivity contribution in [3.05, 3.63) is 70.8 Å². The Morgan fingerprint density at radius 2 is 1.53 bits per heavy atom. The van der Waals surface area contributed by atoms with Crippen LogP contribution < -0.4 is 0 Å². The molecular formula is C17H16O2. The molecule has 0 saturated carbocycles. The molecule has 0 fully saturated rings. The molecule has 2 nitrogen and oxygen atoms in total. The van der Waals surface area contributed by atoms with Gasteiger partial charge in [0.15, 0.2) is 0 Å². The third-order valence-electron chi connectivity index (χ3n) is 4.17. The molecular weight excluding hydrogens is 236 g/mol. The molecule has 0 spiro atoms. The fraction of sp³-hybridized carbons (Fsp3) is 0.235. The van der Waals surface area contributed by atoms with E-state index in [-0.39, 0.29) is 12.4 Å². The molecule has 0 aliphatic heterocycles. The first-order chi connectivity index (χ1) is 9.20. The molecule has 0 atom stereocenters. The van der Waals surface area contributed by atoms with E-state index in [9.17, 15) is 9.90 Å². The van der Waals surface area contributed by atoms with Crippen molar-refractivity contribution in [2.45, 2.75) is 18.8 Å². The maximum Gasteiger partial charge on any atom is 0.147 e. The smallest absolute Gasteiger partial charge is 0.147 e. The lowest BCUT2D eigenvalue weighted by Gasteiger charge is -2.37. The number of ketones is 1. The van der Waals surface area contributed by atoms with Crippen LogP contribution in [0.1, 0.15) is 29.2 Å². The second-order valence-corrected chi connectivity index (χ2v) is 5.11. The monoisotopic (exact) mass is 252 g/mol. The van der Waals surface area contributed by atoms with Gasteiger partial charge in [-0.1, -0.05) is 48.5 Å². The Kier molecular flexibility index (Phi) is 2.76. The normalized spacial score (nSPS) is 15.5. The van der Waals surface area contributed by atoms with Crippen LogP contribution in [0.4, 0.5) is 0 Å². The molecule has 0 heterocycles. The second-order valence-electron chi connectivity index (χ2n) is 5.11. The number of carbonyl (C=O) groups excluding carboxylic acids is 1. The molecule has 2 aromatic rings. The Bertz CT molecular complexity index is 598. The molecule has 0 saturated heterocycles. The van der Waals surface area contributed by atoms with Gasteiger partial charge in [0.1, 0.15) is 11.2 Å². The molecule has 1 aliphatic carbocycles. The van der Waals surface area contributed by atoms with Gasteiger partial charge in [0, 0.05) is 0 Å². The third kappa shape index (κ3) is 1.57. The van der Waals surface area contributed by atoms with E-state index < -0.39 is 5.41 Å². The van der Waals surface area contributed by atoms with Gasteiger partial charge in [-0.25, -0.2) is 0 Å². The summed E-state index contributed by atoms with van der Waals surface area (Å²) in [6.45, 7) is 1.38. The Morgan fingerprint density at radius 1 is 1.05 bits per heavy atom. The Morgan fingerprint density at radius 3 is 1.95 bits per heavy atom. The number of rotatable bonds is 2. The highest BCUT2D eigenvalue weighted by Gasteiger charge is 2.43. The van der Waals surface area contributed by atoms with Crippen molar-refractivity contribution in [3.8, 4) is 0 Å². The molecule has 0 unspecified atom stereocenters. The Balaban J connectivity index is 2.37. The first kappa shape index (κ1) is 12.1. The summed E-state index contributed by atoms with van der Waals surface area (Å²) in [5, 5.41) is 9.98. The summed E-state index contributed by atoms with van der Waals surface area (Å²) >= 11 is 0. The minimum atomic E-state index is -0.897. The molecule has 0 radical (unpaired) electrons. The van der Waals surface area contributed by atoms with Crippen LogP contribution in [0.15, 0.2) is 48.5 Å². The van der Waals surface area contributed by atoms with Crippen LogP contribution in [-0.4, -0.2) is 17.5 Å². The van der Waals surface area contributed by atoms with Gasteiger partial charge in [0.25, 0.3) is 0 Å². The van der Waals surface area contributed by atoms with Gasteiger partial charge in [0.05, 0.1) is 6.61 Å². The van der Waals surface area contributed by atoms with Crippen molar-refractivity contribution >= 4 is 5.78 Å². The molecule has 1 N–H and O–H groups in total. The average Bonchev–Trinajstić information content (AvgIpc) is 2.44. The number of aliphatic hydroxyl groups excluding tert-OH is 1. The van der Waals surface area contributed by atoms with Crippen LogP contribution in [0.25, 0.3) is 0 Å². The van der Waals surface area contributed by atoms with Crippen molar-refractivity contribution in [1.82, 2.24) is 0 Å². The fourth-order valence-electron chi connectivity index (χ4n) is 3.19. The van der Waals surface area contributed by atoms with Crippen LogP contribution in [0, 0.1) is 0 Å². The van der Waals surface area contributed by atoms with Gasteiger partial charge < -0.3 is 5.11 Å². The molecule has 0 aromatic heterocycles. The topological polar surface area (TPSA) is 37.3 Å². The number of fused-ring (bicyclic) bond motifs is 2. The van der Waals surface area contributed by atoms with E-state index in [1.54, 1.807) is 6.92 Å². The van der Waals surface area contributed by atoms with Crippen molar-refractivity contribution in [1.29, 1.82) is 0 Å². The average molecular weight is 252 g/mol. The highest BCUT2D eigenvalue weighted by atomic mass is 16.3. The zero-order chi connectivity index (χ0) is 13.5. The summed E-state index contributed by atoms with van der Waals surface area (Å²) in [5.41, 5.74) is 3.26. The van der Waals surface area contributed by atoms with Crippen LogP contribution in [0.5, 0.6) is 0 Å². The van der Waals surface area contributed by atoms with E-state index in [0.717, 1.165) is 28.7 Å². The van der Waals surface area contributed by atoms with Crippen molar-refractivity contribution < 1.29 is 9.90 Å². The first-order valence-corrected chi connectivity index (χ1v) is 6.49. The summed E-state index contributed by atoms with van der Waals surface area (Å²) in [4.78, 5) is 12.3. The van der Waals surface area contributed by atoms with Crippen LogP contribution in [0.3, 0.4) is 0 Å². The summed E-state index contributed by atoms with van der Waals surface area (Å²) in [6, 6.07) is 15.8. The largest absolute Gasteiger partial charge is 0.395 e. The third-order valence-corrected chi connectivity index (χ3v) is 4.17. The van der Waals surface area contributed by atoms with Crippen LogP contribution in [0.2, 0.25) is 0 Å². The number of Topliss-reactive ketones (excluding diaryl/α,β-unsaturated/α-hetero) is 1. The summed E-state index contributed by atoms with van der Waals surface area (Å²) in [7, 11) is 0. The van der Waals surface area contributed by atoms with Crippen LogP contribution >= 0.6 is 0 Å². The van der Waals surface area contributed by atoms with E-state index in [0.29, 0.717) is 0 Å². The number of benzene rings is 2. The van der Waals surface area contributed by atoms with E-state index in [2.05, 4.69) is 0 Å². The van der Waals surface area contributed by atoms with E-state index in [1.807, 2.05) is 48.5 Å². The predicted molar refractivity (Wildman–Crippen MR) is 74.2 cm³/mol. The maximum atomic E-state index is 12.3. The predicted octanol–water partition coefficient (Wildman–Crippen LogP) is 2.46.